The van der Waals surface area contributed by atoms with Crippen molar-refractivity contribution in [2.75, 3.05) is 17.2 Å². The molecule has 0 bridgehead atoms. The van der Waals surface area contributed by atoms with Crippen molar-refractivity contribution < 1.29 is 60.4 Å². The zero-order chi connectivity index (χ0) is 44.4. The molecule has 0 saturated carbocycles. The van der Waals surface area contributed by atoms with Gasteiger partial charge in [0.2, 0.25) is 0 Å². The highest BCUT2D eigenvalue weighted by Crippen LogP contribution is 2.38. The van der Waals surface area contributed by atoms with Gasteiger partial charge in [-0.05, 0) is 105 Å². The van der Waals surface area contributed by atoms with Crippen LogP contribution in [-0.4, -0.2) is 46.7 Å². The number of anilines is 2. The maximum Gasteiger partial charge on any atom is 0.416 e. The Labute approximate surface area is 354 Å². The molecule has 0 unspecified atom stereocenters. The summed E-state index contributed by atoms with van der Waals surface area (Å²) in [5.74, 6) is -2.92. The number of ether oxygens (including phenoxy) is 2. The molecule has 0 radical (unpaired) electrons. The van der Waals surface area contributed by atoms with Gasteiger partial charge in [-0.3, -0.25) is 14.4 Å². The molecule has 0 heterocycles. The van der Waals surface area contributed by atoms with Gasteiger partial charge in [0.05, 0.1) is 37.6 Å². The summed E-state index contributed by atoms with van der Waals surface area (Å²) in [6, 6.07) is 12.2. The molecule has 4 aromatic carbocycles. The quantitative estimate of drug-likeness (QED) is 0.0736. The Morgan fingerprint density at radius 2 is 0.983 bits per heavy atom. The molecule has 0 aliphatic heterocycles. The summed E-state index contributed by atoms with van der Waals surface area (Å²) >= 11 is 24.4. The molecule has 20 heteroatoms. The molecule has 0 aromatic heterocycles. The molecule has 0 fully saturated rings. The molecule has 0 aliphatic carbocycles. The van der Waals surface area contributed by atoms with Gasteiger partial charge in [-0.25, -0.2) is 0 Å². The fraction of sp³-hybridized carbons (Fsp3) is 0.308. The topological polar surface area (TPSA) is 146 Å². The van der Waals surface area contributed by atoms with E-state index in [0.29, 0.717) is 11.3 Å². The van der Waals surface area contributed by atoms with E-state index in [2.05, 4.69) is 16.0 Å². The lowest BCUT2D eigenvalue weighted by Gasteiger charge is -2.17. The number of halogens is 10. The highest BCUT2D eigenvalue weighted by atomic mass is 35.5. The summed E-state index contributed by atoms with van der Waals surface area (Å²) in [5, 5.41) is 25.5. The number of alkyl halides is 6. The lowest BCUT2D eigenvalue weighted by molar-refractivity contribution is -0.138. The first kappa shape index (κ1) is 48.6. The van der Waals surface area contributed by atoms with Gasteiger partial charge in [0.25, 0.3) is 5.91 Å². The number of carbonyl (C=O) groups excluding carboxylic acids is 1. The number of amides is 1. The summed E-state index contributed by atoms with van der Waals surface area (Å²) in [7, 11) is 0. The van der Waals surface area contributed by atoms with E-state index in [-0.39, 0.29) is 85.7 Å². The van der Waals surface area contributed by atoms with Gasteiger partial charge >= 0.3 is 24.3 Å². The van der Waals surface area contributed by atoms with Crippen LogP contribution in [0.15, 0.2) is 60.7 Å². The van der Waals surface area contributed by atoms with E-state index in [4.69, 9.17) is 66.1 Å². The number of nitrogens with one attached hydrogen (secondary N) is 3. The van der Waals surface area contributed by atoms with Crippen molar-refractivity contribution in [3.05, 3.63) is 114 Å². The normalized spacial score (nSPS) is 11.5. The number of rotatable bonds is 15. The number of carbonyl (C=O) groups is 3. The Balaban J connectivity index is 0.000000317. The number of aliphatic carboxylic acids is 2. The number of hydrogen-bond donors (Lipinski definition) is 5. The first-order chi connectivity index (χ1) is 27.3. The highest BCUT2D eigenvalue weighted by molar-refractivity contribution is 6.38. The van der Waals surface area contributed by atoms with Crippen molar-refractivity contribution in [3.8, 4) is 11.5 Å². The van der Waals surface area contributed by atoms with Crippen molar-refractivity contribution in [2.45, 2.75) is 71.8 Å². The van der Waals surface area contributed by atoms with Gasteiger partial charge in [-0.1, -0.05) is 46.4 Å². The van der Waals surface area contributed by atoms with Crippen LogP contribution < -0.4 is 25.4 Å². The Hall–Kier alpha value is -4.77. The van der Waals surface area contributed by atoms with Crippen LogP contribution in [0.5, 0.6) is 11.5 Å². The van der Waals surface area contributed by atoms with Crippen molar-refractivity contribution in [1.82, 2.24) is 5.32 Å². The molecule has 0 spiro atoms. The summed E-state index contributed by atoms with van der Waals surface area (Å²) in [6.07, 6.45) is -9.31. The third-order valence-corrected chi connectivity index (χ3v) is 8.51. The fourth-order valence-corrected chi connectivity index (χ4v) is 6.37. The van der Waals surface area contributed by atoms with Crippen molar-refractivity contribution >= 4 is 75.6 Å². The molecular formula is C39H37Cl4F6N3O7. The molecule has 4 rings (SSSR count). The average Bonchev–Trinajstić information content (AvgIpc) is 3.08. The predicted molar refractivity (Wildman–Crippen MR) is 213 cm³/mol. The Bertz CT molecular complexity index is 2110. The zero-order valence-corrected chi connectivity index (χ0v) is 34.5. The molecule has 320 valence electrons. The highest BCUT2D eigenvalue weighted by Gasteiger charge is 2.32. The minimum absolute atomic E-state index is 0.00564. The molecule has 0 aliphatic rings. The second kappa shape index (κ2) is 21.0. The van der Waals surface area contributed by atoms with E-state index in [1.54, 1.807) is 19.9 Å². The van der Waals surface area contributed by atoms with Gasteiger partial charge < -0.3 is 35.6 Å². The zero-order valence-electron chi connectivity index (χ0n) is 31.5. The van der Waals surface area contributed by atoms with E-state index in [0.717, 1.165) is 24.3 Å². The van der Waals surface area contributed by atoms with Crippen molar-refractivity contribution in [2.24, 2.45) is 0 Å². The minimum atomic E-state index is -4.54. The summed E-state index contributed by atoms with van der Waals surface area (Å²) < 4.78 is 90.2. The van der Waals surface area contributed by atoms with Crippen LogP contribution >= 0.6 is 46.4 Å². The fourth-order valence-electron chi connectivity index (χ4n) is 5.14. The minimum Gasteiger partial charge on any atom is -0.486 e. The van der Waals surface area contributed by atoms with E-state index in [1.165, 1.54) is 30.3 Å². The predicted octanol–water partition coefficient (Wildman–Crippen LogP) is 11.3. The monoisotopic (exact) mass is 913 g/mol. The number of benzene rings is 4. The van der Waals surface area contributed by atoms with E-state index in [1.807, 2.05) is 13.8 Å². The van der Waals surface area contributed by atoms with Crippen molar-refractivity contribution in [1.29, 1.82) is 0 Å². The second-order valence-corrected chi connectivity index (χ2v) is 14.9. The molecule has 0 atom stereocenters. The van der Waals surface area contributed by atoms with Crippen LogP contribution in [0, 0.1) is 0 Å². The van der Waals surface area contributed by atoms with Crippen molar-refractivity contribution in [3.63, 3.8) is 0 Å². The molecule has 59 heavy (non-hydrogen) atoms. The van der Waals surface area contributed by atoms with E-state index in [9.17, 15) is 40.7 Å². The summed E-state index contributed by atoms with van der Waals surface area (Å²) in [5.41, 5.74) is -0.134. The Morgan fingerprint density at radius 3 is 1.32 bits per heavy atom. The van der Waals surface area contributed by atoms with Crippen LogP contribution in [0.1, 0.15) is 65.9 Å². The molecular weight excluding hydrogens is 878 g/mol. The first-order valence-electron chi connectivity index (χ1n) is 17.2. The van der Waals surface area contributed by atoms with Gasteiger partial charge in [0.1, 0.15) is 19.8 Å². The van der Waals surface area contributed by atoms with Gasteiger partial charge in [-0.2, -0.15) is 26.3 Å². The molecule has 1 amide bonds. The SMILES string of the molecule is CC(C)Nc1cc(COc2c(Cl)cc(C(=O)NCC(=O)O)cc2Cl)cc(C(F)(F)F)c1.CC(C)Nc1cc(COc2c(Cl)cc(CC(=O)O)cc2Cl)cc(C(F)(F)F)c1. The van der Waals surface area contributed by atoms with Gasteiger partial charge in [0, 0.05) is 29.0 Å². The standard InChI is InChI=1S/C20H19Cl2F3N2O4.C19H18Cl2F3NO3/c1-10(2)27-14-4-11(3-13(7-14)20(23,24)25)9-31-18-15(21)5-12(6-16(18)22)19(30)26-8-17(28)29;1-10(2)25-14-4-12(3-13(8-14)19(22,23)24)9-28-18-15(20)5-11(6-16(18)21)7-17(26)27/h3-7,10,27H,8-9H2,1-2H3,(H,26,30)(H,28,29);3-6,8,10,25H,7,9H2,1-2H3,(H,26,27). The lowest BCUT2D eigenvalue weighted by Crippen LogP contribution is -2.29. The summed E-state index contributed by atoms with van der Waals surface area (Å²) in [6.45, 7) is 6.17. The maximum atomic E-state index is 13.2. The third-order valence-electron chi connectivity index (χ3n) is 7.39. The molecule has 0 saturated heterocycles. The average molecular weight is 916 g/mol. The van der Waals surface area contributed by atoms with Gasteiger partial charge in [-0.15, -0.1) is 0 Å². The van der Waals surface area contributed by atoms with E-state index < -0.39 is 47.9 Å². The number of hydrogen-bond acceptors (Lipinski definition) is 7. The smallest absolute Gasteiger partial charge is 0.416 e. The Kier molecular flexibility index (Phi) is 17.3. The lowest BCUT2D eigenvalue weighted by atomic mass is 10.1. The largest absolute Gasteiger partial charge is 0.486 e. The molecule has 10 nitrogen and oxygen atoms in total. The van der Waals surface area contributed by atoms with Crippen LogP contribution in [0.3, 0.4) is 0 Å². The first-order valence-corrected chi connectivity index (χ1v) is 18.7. The maximum absolute atomic E-state index is 13.2. The van der Waals surface area contributed by atoms with Crippen LogP contribution in [0.2, 0.25) is 20.1 Å². The van der Waals surface area contributed by atoms with Gasteiger partial charge in [0.15, 0.2) is 11.5 Å². The van der Waals surface area contributed by atoms with Crippen LogP contribution in [0.4, 0.5) is 37.7 Å². The number of carboxylic acid groups (broad SMARTS) is 2. The third kappa shape index (κ3) is 15.7. The van der Waals surface area contributed by atoms with Crippen LogP contribution in [0.25, 0.3) is 0 Å². The molecule has 5 N–H and O–H groups in total. The second-order valence-electron chi connectivity index (χ2n) is 13.3. The van der Waals surface area contributed by atoms with E-state index >= 15 is 0 Å². The summed E-state index contributed by atoms with van der Waals surface area (Å²) in [4.78, 5) is 33.3. The Morgan fingerprint density at radius 1 is 0.593 bits per heavy atom. The molecule has 4 aromatic rings. The van der Waals surface area contributed by atoms with Crippen LogP contribution in [-0.2, 0) is 41.6 Å². The number of carboxylic acids is 2.